The minimum absolute atomic E-state index is 0.665. The molecule has 0 aromatic heterocycles. The fourth-order valence-corrected chi connectivity index (χ4v) is 2.12. The molecule has 0 aliphatic heterocycles. The summed E-state index contributed by atoms with van der Waals surface area (Å²) in [6.07, 6.45) is 5.40. The van der Waals surface area contributed by atoms with Gasteiger partial charge >= 0.3 is 0 Å². The quantitative estimate of drug-likeness (QED) is 0.768. The van der Waals surface area contributed by atoms with Gasteiger partial charge in [-0.15, -0.1) is 0 Å². The number of hydrogen-bond acceptors (Lipinski definition) is 1. The maximum atomic E-state index is 3.61. The molecule has 88 valence electrons. The number of aryl methyl sites for hydroxylation is 1. The average Bonchev–Trinajstić information content (AvgIpc) is 3.11. The van der Waals surface area contributed by atoms with Gasteiger partial charge in [-0.3, -0.25) is 0 Å². The van der Waals surface area contributed by atoms with Gasteiger partial charge in [0.25, 0.3) is 0 Å². The van der Waals surface area contributed by atoms with Gasteiger partial charge in [0.15, 0.2) is 0 Å². The van der Waals surface area contributed by atoms with Gasteiger partial charge in [-0.05, 0) is 36.8 Å². The highest BCUT2D eigenvalue weighted by molar-refractivity contribution is 5.22. The number of hydrogen-bond donors (Lipinski definition) is 1. The largest absolute Gasteiger partial charge is 0.310 e. The number of rotatable bonds is 6. The van der Waals surface area contributed by atoms with Crippen molar-refractivity contribution in [3.05, 3.63) is 35.4 Å². The Kier molecular flexibility index (Phi) is 4.00. The van der Waals surface area contributed by atoms with Gasteiger partial charge in [0, 0.05) is 12.6 Å². The number of nitrogens with one attached hydrogen (secondary N) is 1. The zero-order valence-corrected chi connectivity index (χ0v) is 10.5. The lowest BCUT2D eigenvalue weighted by Crippen LogP contribution is -2.25. The van der Waals surface area contributed by atoms with E-state index in [4.69, 9.17) is 0 Å². The SMILES string of the molecule is CCc1ccc(CNC(C)CC2CC2)cc1. The smallest absolute Gasteiger partial charge is 0.0207 e. The topological polar surface area (TPSA) is 12.0 Å². The molecule has 0 saturated heterocycles. The van der Waals surface area contributed by atoms with Crippen LogP contribution in [-0.4, -0.2) is 6.04 Å². The summed E-state index contributed by atoms with van der Waals surface area (Å²) in [6.45, 7) is 5.52. The summed E-state index contributed by atoms with van der Waals surface area (Å²) in [7, 11) is 0. The Morgan fingerprint density at radius 3 is 2.38 bits per heavy atom. The Morgan fingerprint density at radius 1 is 1.19 bits per heavy atom. The first kappa shape index (κ1) is 11.7. The van der Waals surface area contributed by atoms with Crippen molar-refractivity contribution in [2.75, 3.05) is 0 Å². The van der Waals surface area contributed by atoms with Crippen LogP contribution in [0.3, 0.4) is 0 Å². The molecule has 1 fully saturated rings. The summed E-state index contributed by atoms with van der Waals surface area (Å²) in [5, 5.41) is 3.61. The van der Waals surface area contributed by atoms with Gasteiger partial charge < -0.3 is 5.32 Å². The van der Waals surface area contributed by atoms with Crippen LogP contribution in [0, 0.1) is 5.92 Å². The van der Waals surface area contributed by atoms with E-state index < -0.39 is 0 Å². The standard InChI is InChI=1S/C15H23N/c1-3-13-4-8-15(9-5-13)11-16-12(2)10-14-6-7-14/h4-5,8-9,12,14,16H,3,6-7,10-11H2,1-2H3. The van der Waals surface area contributed by atoms with E-state index in [1.165, 1.54) is 30.4 Å². The van der Waals surface area contributed by atoms with E-state index in [9.17, 15) is 0 Å². The molecule has 1 N–H and O–H groups in total. The molecule has 1 heteroatoms. The summed E-state index contributed by atoms with van der Waals surface area (Å²) >= 11 is 0. The molecule has 0 bridgehead atoms. The maximum absolute atomic E-state index is 3.61. The molecule has 16 heavy (non-hydrogen) atoms. The Morgan fingerprint density at radius 2 is 1.81 bits per heavy atom. The molecule has 1 nitrogen and oxygen atoms in total. The van der Waals surface area contributed by atoms with E-state index in [0.717, 1.165) is 18.9 Å². The highest BCUT2D eigenvalue weighted by atomic mass is 14.9. The predicted molar refractivity (Wildman–Crippen MR) is 69.5 cm³/mol. The van der Waals surface area contributed by atoms with Crippen LogP contribution in [-0.2, 0) is 13.0 Å². The third-order valence-corrected chi connectivity index (χ3v) is 3.47. The molecule has 1 aromatic carbocycles. The van der Waals surface area contributed by atoms with Gasteiger partial charge in [-0.25, -0.2) is 0 Å². The summed E-state index contributed by atoms with van der Waals surface area (Å²) in [6, 6.07) is 9.63. The second kappa shape index (κ2) is 5.49. The third-order valence-electron chi connectivity index (χ3n) is 3.47. The molecule has 2 rings (SSSR count). The Bertz CT molecular complexity index is 311. The van der Waals surface area contributed by atoms with Gasteiger partial charge in [-0.2, -0.15) is 0 Å². The van der Waals surface area contributed by atoms with Gasteiger partial charge in [0.05, 0.1) is 0 Å². The summed E-state index contributed by atoms with van der Waals surface area (Å²) in [4.78, 5) is 0. The minimum Gasteiger partial charge on any atom is -0.310 e. The summed E-state index contributed by atoms with van der Waals surface area (Å²) in [5.74, 6) is 1.02. The van der Waals surface area contributed by atoms with Crippen LogP contribution in [0.15, 0.2) is 24.3 Å². The molecule has 1 aliphatic carbocycles. The van der Waals surface area contributed by atoms with Crippen molar-refractivity contribution < 1.29 is 0 Å². The van der Waals surface area contributed by atoms with Crippen molar-refractivity contribution in [2.24, 2.45) is 5.92 Å². The fourth-order valence-electron chi connectivity index (χ4n) is 2.12. The normalized spacial score (nSPS) is 17.4. The third kappa shape index (κ3) is 3.64. The van der Waals surface area contributed by atoms with Gasteiger partial charge in [0.1, 0.15) is 0 Å². The first-order valence-electron chi connectivity index (χ1n) is 6.59. The van der Waals surface area contributed by atoms with E-state index in [1.54, 1.807) is 0 Å². The van der Waals surface area contributed by atoms with Crippen molar-refractivity contribution in [3.8, 4) is 0 Å². The second-order valence-electron chi connectivity index (χ2n) is 5.13. The van der Waals surface area contributed by atoms with Crippen LogP contribution in [0.25, 0.3) is 0 Å². The molecule has 1 saturated carbocycles. The summed E-state index contributed by atoms with van der Waals surface area (Å²) in [5.41, 5.74) is 2.83. The van der Waals surface area contributed by atoms with Crippen LogP contribution in [0.4, 0.5) is 0 Å². The van der Waals surface area contributed by atoms with Crippen molar-refractivity contribution >= 4 is 0 Å². The molecular formula is C15H23N. The van der Waals surface area contributed by atoms with Crippen LogP contribution < -0.4 is 5.32 Å². The molecule has 0 radical (unpaired) electrons. The Balaban J connectivity index is 1.74. The van der Waals surface area contributed by atoms with E-state index >= 15 is 0 Å². The zero-order valence-electron chi connectivity index (χ0n) is 10.5. The van der Waals surface area contributed by atoms with Crippen molar-refractivity contribution in [3.63, 3.8) is 0 Å². The average molecular weight is 217 g/mol. The molecule has 1 unspecified atom stereocenters. The Labute approximate surface area is 99.3 Å². The van der Waals surface area contributed by atoms with E-state index in [1.807, 2.05) is 0 Å². The lowest BCUT2D eigenvalue weighted by atomic mass is 10.1. The zero-order chi connectivity index (χ0) is 11.4. The van der Waals surface area contributed by atoms with E-state index in [2.05, 4.69) is 43.4 Å². The second-order valence-corrected chi connectivity index (χ2v) is 5.13. The molecule has 1 aliphatic rings. The van der Waals surface area contributed by atoms with Gasteiger partial charge in [-0.1, -0.05) is 44.0 Å². The molecule has 0 spiro atoms. The van der Waals surface area contributed by atoms with Crippen molar-refractivity contribution in [1.29, 1.82) is 0 Å². The van der Waals surface area contributed by atoms with E-state index in [0.29, 0.717) is 6.04 Å². The monoisotopic (exact) mass is 217 g/mol. The lowest BCUT2D eigenvalue weighted by Gasteiger charge is -2.13. The molecule has 1 atom stereocenters. The van der Waals surface area contributed by atoms with Gasteiger partial charge in [0.2, 0.25) is 0 Å². The minimum atomic E-state index is 0.665. The molecule has 0 heterocycles. The lowest BCUT2D eigenvalue weighted by molar-refractivity contribution is 0.487. The number of benzene rings is 1. The highest BCUT2D eigenvalue weighted by Crippen LogP contribution is 2.33. The van der Waals surface area contributed by atoms with Crippen LogP contribution in [0.5, 0.6) is 0 Å². The first-order chi connectivity index (χ1) is 7.78. The maximum Gasteiger partial charge on any atom is 0.0207 e. The van der Waals surface area contributed by atoms with E-state index in [-0.39, 0.29) is 0 Å². The van der Waals surface area contributed by atoms with Crippen LogP contribution in [0.2, 0.25) is 0 Å². The van der Waals surface area contributed by atoms with Crippen molar-refractivity contribution in [1.82, 2.24) is 5.32 Å². The fraction of sp³-hybridized carbons (Fsp3) is 0.600. The van der Waals surface area contributed by atoms with Crippen molar-refractivity contribution in [2.45, 2.75) is 52.1 Å². The molecule has 1 aromatic rings. The Hall–Kier alpha value is -0.820. The summed E-state index contributed by atoms with van der Waals surface area (Å²) < 4.78 is 0. The molecule has 0 amide bonds. The van der Waals surface area contributed by atoms with Crippen LogP contribution >= 0.6 is 0 Å². The molecular weight excluding hydrogens is 194 g/mol. The highest BCUT2D eigenvalue weighted by Gasteiger charge is 2.23. The van der Waals surface area contributed by atoms with Crippen LogP contribution in [0.1, 0.15) is 44.2 Å². The predicted octanol–water partition coefficient (Wildman–Crippen LogP) is 3.53. The first-order valence-corrected chi connectivity index (χ1v) is 6.59.